The highest BCUT2D eigenvalue weighted by molar-refractivity contribution is 5.95. The fourth-order valence-electron chi connectivity index (χ4n) is 12.2. The van der Waals surface area contributed by atoms with Crippen molar-refractivity contribution in [1.82, 2.24) is 0 Å². The normalized spacial score (nSPS) is 68.7. The minimum absolute atomic E-state index is 0.0693. The van der Waals surface area contributed by atoms with E-state index in [-0.39, 0.29) is 22.2 Å². The van der Waals surface area contributed by atoms with Gasteiger partial charge in [-0.05, 0) is 91.8 Å². The summed E-state index contributed by atoms with van der Waals surface area (Å²) in [6, 6.07) is 0. The Labute approximate surface area is 162 Å². The molecular weight excluding hydrogens is 336 g/mol. The van der Waals surface area contributed by atoms with Crippen molar-refractivity contribution in [2.75, 3.05) is 7.11 Å². The van der Waals surface area contributed by atoms with Crippen molar-refractivity contribution < 1.29 is 14.3 Å². The number of methoxy groups -OCH3 is 1. The van der Waals surface area contributed by atoms with Gasteiger partial charge < -0.3 is 4.74 Å². The van der Waals surface area contributed by atoms with Crippen molar-refractivity contribution in [2.45, 2.75) is 52.9 Å². The SMILES string of the molecule is COC(=O)[C@@]1(C)[C@@H]2[C@H]3CC[C@@]4(C)C(=O)[C@@]5(C)[C@H]6[C@H]7CCC[C@@H]7[C@H]1[C@H]6[C@@H]2[C@H]5[C@H]34. The largest absolute Gasteiger partial charge is 0.469 e. The number of carbonyl (C=O) groups excluding carboxylic acids is 2. The molecule has 0 amide bonds. The summed E-state index contributed by atoms with van der Waals surface area (Å²) in [6.45, 7) is 6.98. The summed E-state index contributed by atoms with van der Waals surface area (Å²) in [5, 5.41) is 0. The number of fused-ring (bicyclic) bond motifs is 5. The molecule has 0 aromatic rings. The summed E-state index contributed by atoms with van der Waals surface area (Å²) >= 11 is 0. The Morgan fingerprint density at radius 3 is 2.22 bits per heavy atom. The van der Waals surface area contributed by atoms with Crippen LogP contribution >= 0.6 is 0 Å². The molecule has 0 unspecified atom stereocenters. The quantitative estimate of drug-likeness (QED) is 0.658. The monoisotopic (exact) mass is 368 g/mol. The van der Waals surface area contributed by atoms with Crippen LogP contribution in [-0.4, -0.2) is 18.9 Å². The molecule has 7 rings (SSSR count). The van der Waals surface area contributed by atoms with Gasteiger partial charge in [0.2, 0.25) is 0 Å². The van der Waals surface area contributed by atoms with E-state index in [4.69, 9.17) is 4.74 Å². The summed E-state index contributed by atoms with van der Waals surface area (Å²) in [5.41, 5.74) is -0.513. The van der Waals surface area contributed by atoms with E-state index in [1.807, 2.05) is 0 Å². The topological polar surface area (TPSA) is 43.4 Å². The molecule has 3 heteroatoms. The number of hydrogen-bond acceptors (Lipinski definition) is 3. The van der Waals surface area contributed by atoms with Crippen molar-refractivity contribution in [3.05, 3.63) is 0 Å². The van der Waals surface area contributed by atoms with Crippen LogP contribution in [0.5, 0.6) is 0 Å². The fraction of sp³-hybridized carbons (Fsp3) is 0.917. The summed E-state index contributed by atoms with van der Waals surface area (Å²) in [4.78, 5) is 27.3. The number of rotatable bonds is 1. The summed E-state index contributed by atoms with van der Waals surface area (Å²) < 4.78 is 5.50. The van der Waals surface area contributed by atoms with Crippen molar-refractivity contribution in [1.29, 1.82) is 0 Å². The molecule has 146 valence electrons. The highest BCUT2D eigenvalue weighted by Gasteiger charge is 2.89. The number of Topliss-reactive ketones (excluding diaryl/α,β-unsaturated/α-hetero) is 1. The lowest BCUT2D eigenvalue weighted by Gasteiger charge is -2.39. The molecule has 0 N–H and O–H groups in total. The Hall–Kier alpha value is -0.860. The first-order valence-corrected chi connectivity index (χ1v) is 11.5. The molecule has 13 atom stereocenters. The number of ketones is 1. The van der Waals surface area contributed by atoms with Gasteiger partial charge in [-0.25, -0.2) is 0 Å². The van der Waals surface area contributed by atoms with Crippen LogP contribution in [0.15, 0.2) is 0 Å². The van der Waals surface area contributed by atoms with Crippen molar-refractivity contribution in [3.63, 3.8) is 0 Å². The fourth-order valence-corrected chi connectivity index (χ4v) is 12.2. The molecule has 7 fully saturated rings. The van der Waals surface area contributed by atoms with Crippen molar-refractivity contribution in [2.24, 2.45) is 75.4 Å². The van der Waals surface area contributed by atoms with Gasteiger partial charge >= 0.3 is 5.97 Å². The van der Waals surface area contributed by atoms with Crippen molar-refractivity contribution in [3.8, 4) is 0 Å². The van der Waals surface area contributed by atoms with Crippen molar-refractivity contribution >= 4 is 11.8 Å². The maximum atomic E-state index is 14.0. The van der Waals surface area contributed by atoms with Crippen LogP contribution in [0, 0.1) is 75.4 Å². The molecule has 0 bridgehead atoms. The van der Waals surface area contributed by atoms with Gasteiger partial charge in [0.15, 0.2) is 0 Å². The lowest BCUT2D eigenvalue weighted by atomic mass is 9.64. The predicted molar refractivity (Wildman–Crippen MR) is 99.3 cm³/mol. The maximum Gasteiger partial charge on any atom is 0.312 e. The molecule has 0 saturated heterocycles. The molecule has 0 radical (unpaired) electrons. The van der Waals surface area contributed by atoms with Gasteiger partial charge in [0.25, 0.3) is 0 Å². The second-order valence-electron chi connectivity index (χ2n) is 12.0. The standard InChI is InChI=1S/C24H32O3/c1-22-9-8-12-17-14-13-15(23(2,20(22)25)19(14)18(12)22)10-6-5-7-11(10)16(13)24(17,3)21(26)27-4/h10-19H,5-9H2,1-4H3/t10-,11-,12+,13-,14-,15-,16-,17+,18-,19-,22+,23-,24+/m0/s1. The minimum atomic E-state index is -0.309. The molecular formula is C24H32O3. The molecule has 7 saturated carbocycles. The van der Waals surface area contributed by atoms with E-state index >= 15 is 0 Å². The lowest BCUT2D eigenvalue weighted by Crippen LogP contribution is -2.44. The summed E-state index contributed by atoms with van der Waals surface area (Å²) in [7, 11) is 1.60. The third-order valence-corrected chi connectivity index (χ3v) is 12.1. The van der Waals surface area contributed by atoms with Crippen LogP contribution < -0.4 is 0 Å². The zero-order chi connectivity index (χ0) is 18.7. The maximum absolute atomic E-state index is 14.0. The Balaban J connectivity index is 1.52. The van der Waals surface area contributed by atoms with Gasteiger partial charge in [0, 0.05) is 10.8 Å². The molecule has 27 heavy (non-hydrogen) atoms. The van der Waals surface area contributed by atoms with Crippen LogP contribution in [0.3, 0.4) is 0 Å². The zero-order valence-electron chi connectivity index (χ0n) is 17.0. The number of carbonyl (C=O) groups is 2. The Morgan fingerprint density at radius 2 is 1.52 bits per heavy atom. The second kappa shape index (κ2) is 4.19. The average molecular weight is 369 g/mol. The van der Waals surface area contributed by atoms with E-state index in [0.29, 0.717) is 65.0 Å². The van der Waals surface area contributed by atoms with Crippen LogP contribution in [0.1, 0.15) is 52.9 Å². The van der Waals surface area contributed by atoms with Crippen LogP contribution in [0.25, 0.3) is 0 Å². The average Bonchev–Trinajstić information content (AvgIpc) is 3.42. The predicted octanol–water partition coefficient (Wildman–Crippen LogP) is 3.96. The van der Waals surface area contributed by atoms with Gasteiger partial charge in [-0.1, -0.05) is 20.3 Å². The molecule has 0 aromatic carbocycles. The second-order valence-corrected chi connectivity index (χ2v) is 12.0. The number of ether oxygens (including phenoxy) is 1. The third kappa shape index (κ3) is 1.22. The molecule has 0 heterocycles. The molecule has 3 nitrogen and oxygen atoms in total. The van der Waals surface area contributed by atoms with Crippen LogP contribution in [0.2, 0.25) is 0 Å². The lowest BCUT2D eigenvalue weighted by molar-refractivity contribution is -0.160. The van der Waals surface area contributed by atoms with E-state index < -0.39 is 0 Å². The molecule has 7 aliphatic rings. The number of hydrogen-bond donors (Lipinski definition) is 0. The van der Waals surface area contributed by atoms with E-state index in [1.165, 1.54) is 19.3 Å². The first-order valence-electron chi connectivity index (χ1n) is 11.5. The van der Waals surface area contributed by atoms with Gasteiger partial charge in [-0.15, -0.1) is 0 Å². The third-order valence-electron chi connectivity index (χ3n) is 12.1. The van der Waals surface area contributed by atoms with Gasteiger partial charge in [0.1, 0.15) is 5.78 Å². The molecule has 7 aliphatic carbocycles. The number of esters is 1. The Morgan fingerprint density at radius 1 is 0.889 bits per heavy atom. The Bertz CT molecular complexity index is 791. The van der Waals surface area contributed by atoms with Crippen LogP contribution in [-0.2, 0) is 14.3 Å². The highest BCUT2D eigenvalue weighted by Crippen LogP contribution is 2.89. The van der Waals surface area contributed by atoms with Crippen LogP contribution in [0.4, 0.5) is 0 Å². The van der Waals surface area contributed by atoms with E-state index in [9.17, 15) is 9.59 Å². The summed E-state index contributed by atoms with van der Waals surface area (Å²) in [6.07, 6.45) is 6.07. The smallest absolute Gasteiger partial charge is 0.312 e. The molecule has 0 aliphatic heterocycles. The summed E-state index contributed by atoms with van der Waals surface area (Å²) in [5.74, 6) is 6.44. The van der Waals surface area contributed by atoms with E-state index in [2.05, 4.69) is 20.8 Å². The Kier molecular flexibility index (Phi) is 2.48. The molecule has 0 aromatic heterocycles. The first-order chi connectivity index (χ1) is 12.8. The van der Waals surface area contributed by atoms with Gasteiger partial charge in [0.05, 0.1) is 12.5 Å². The minimum Gasteiger partial charge on any atom is -0.469 e. The molecule has 0 spiro atoms. The van der Waals surface area contributed by atoms with E-state index in [0.717, 1.165) is 12.8 Å². The first kappa shape index (κ1) is 16.0. The zero-order valence-corrected chi connectivity index (χ0v) is 17.0. The van der Waals surface area contributed by atoms with Gasteiger partial charge in [-0.3, -0.25) is 9.59 Å². The highest BCUT2D eigenvalue weighted by atomic mass is 16.5. The van der Waals surface area contributed by atoms with E-state index in [1.54, 1.807) is 7.11 Å². The van der Waals surface area contributed by atoms with Gasteiger partial charge in [-0.2, -0.15) is 0 Å².